The molecule has 7 heteroatoms. The van der Waals surface area contributed by atoms with Crippen LogP contribution in [-0.4, -0.2) is 57.9 Å². The molecule has 1 atom stereocenters. The minimum atomic E-state index is -0.435. The van der Waals surface area contributed by atoms with Crippen molar-refractivity contribution in [3.8, 4) is 5.75 Å². The number of hydrogen-bond donors (Lipinski definition) is 2. The number of aromatic amines is 1. The first kappa shape index (κ1) is 17.1. The molecule has 3 fully saturated rings. The van der Waals surface area contributed by atoms with Crippen molar-refractivity contribution in [3.05, 3.63) is 28.2 Å². The van der Waals surface area contributed by atoms with E-state index < -0.39 is 5.56 Å². The Hall–Kier alpha value is -2.31. The zero-order valence-corrected chi connectivity index (χ0v) is 14.9. The number of carbonyl (C=O) groups is 2. The van der Waals surface area contributed by atoms with Gasteiger partial charge >= 0.3 is 0 Å². The maximum absolute atomic E-state index is 12.9. The molecular formula is C19H25N3O4. The summed E-state index contributed by atoms with van der Waals surface area (Å²) in [5.41, 5.74) is -0.354. The lowest BCUT2D eigenvalue weighted by atomic mass is 9.73. The molecule has 0 radical (unpaired) electrons. The number of amides is 2. The molecular weight excluding hydrogens is 334 g/mol. The average molecular weight is 359 g/mol. The zero-order chi connectivity index (χ0) is 18.3. The highest BCUT2D eigenvalue weighted by Crippen LogP contribution is 2.41. The van der Waals surface area contributed by atoms with Crippen LogP contribution in [0.1, 0.15) is 48.9 Å². The molecule has 4 rings (SSSR count). The van der Waals surface area contributed by atoms with E-state index in [9.17, 15) is 19.5 Å². The lowest BCUT2D eigenvalue weighted by Crippen LogP contribution is -2.55. The lowest BCUT2D eigenvalue weighted by molar-refractivity contribution is -0.139. The van der Waals surface area contributed by atoms with Gasteiger partial charge in [-0.25, -0.2) is 0 Å². The van der Waals surface area contributed by atoms with E-state index in [2.05, 4.69) is 4.98 Å². The fourth-order valence-electron chi connectivity index (χ4n) is 4.40. The largest absolute Gasteiger partial charge is 0.507 e. The van der Waals surface area contributed by atoms with E-state index >= 15 is 0 Å². The fraction of sp³-hybridized carbons (Fsp3) is 0.632. The van der Waals surface area contributed by atoms with Crippen LogP contribution in [0.4, 0.5) is 0 Å². The smallest absolute Gasteiger partial charge is 0.259 e. The van der Waals surface area contributed by atoms with Gasteiger partial charge in [-0.1, -0.05) is 0 Å². The van der Waals surface area contributed by atoms with Crippen molar-refractivity contribution in [2.24, 2.45) is 11.3 Å². The van der Waals surface area contributed by atoms with E-state index in [-0.39, 0.29) is 28.5 Å². The Morgan fingerprint density at radius 1 is 1.27 bits per heavy atom. The van der Waals surface area contributed by atoms with Crippen molar-refractivity contribution in [1.82, 2.24) is 14.8 Å². The van der Waals surface area contributed by atoms with Gasteiger partial charge in [-0.2, -0.15) is 0 Å². The summed E-state index contributed by atoms with van der Waals surface area (Å²) in [6.07, 6.45) is 6.99. The Morgan fingerprint density at radius 3 is 2.81 bits per heavy atom. The number of carbonyl (C=O) groups excluding carboxylic acids is 2. The van der Waals surface area contributed by atoms with Crippen LogP contribution in [0, 0.1) is 11.3 Å². The van der Waals surface area contributed by atoms with Crippen LogP contribution in [0.15, 0.2) is 17.1 Å². The summed E-state index contributed by atoms with van der Waals surface area (Å²) < 4.78 is 0. The maximum atomic E-state index is 12.9. The molecule has 2 aliphatic heterocycles. The quantitative estimate of drug-likeness (QED) is 0.851. The van der Waals surface area contributed by atoms with Gasteiger partial charge < -0.3 is 19.9 Å². The highest BCUT2D eigenvalue weighted by Gasteiger charge is 2.44. The molecule has 2 N–H and O–H groups in total. The van der Waals surface area contributed by atoms with Gasteiger partial charge in [0.2, 0.25) is 5.91 Å². The Bertz CT molecular complexity index is 785. The van der Waals surface area contributed by atoms with E-state index in [1.165, 1.54) is 19.0 Å². The lowest BCUT2D eigenvalue weighted by Gasteiger charge is -2.48. The summed E-state index contributed by atoms with van der Waals surface area (Å²) in [5.74, 6) is 0.355. The van der Waals surface area contributed by atoms with Gasteiger partial charge in [-0.05, 0) is 38.0 Å². The minimum Gasteiger partial charge on any atom is -0.507 e. The first-order valence-corrected chi connectivity index (χ1v) is 9.45. The van der Waals surface area contributed by atoms with E-state index in [0.29, 0.717) is 25.4 Å². The van der Waals surface area contributed by atoms with Crippen molar-refractivity contribution in [2.75, 3.05) is 26.2 Å². The second-order valence-electron chi connectivity index (χ2n) is 8.14. The topological polar surface area (TPSA) is 93.7 Å². The third-order valence-corrected chi connectivity index (χ3v) is 6.01. The van der Waals surface area contributed by atoms with Crippen molar-refractivity contribution >= 4 is 11.8 Å². The number of piperidine rings is 2. The van der Waals surface area contributed by atoms with Gasteiger partial charge in [0, 0.05) is 50.3 Å². The predicted octanol–water partition coefficient (Wildman–Crippen LogP) is 1.34. The normalized spacial score (nSPS) is 26.4. The summed E-state index contributed by atoms with van der Waals surface area (Å²) >= 11 is 0. The number of likely N-dealkylation sites (tertiary alicyclic amines) is 2. The molecule has 3 aliphatic rings. The molecule has 2 saturated heterocycles. The van der Waals surface area contributed by atoms with Gasteiger partial charge in [-0.15, -0.1) is 0 Å². The zero-order valence-electron chi connectivity index (χ0n) is 14.9. The van der Waals surface area contributed by atoms with Crippen LogP contribution in [0.2, 0.25) is 0 Å². The summed E-state index contributed by atoms with van der Waals surface area (Å²) in [6, 6.07) is 1.03. The monoisotopic (exact) mass is 359 g/mol. The molecule has 140 valence electrons. The highest BCUT2D eigenvalue weighted by atomic mass is 16.3. The number of nitrogens with one attached hydrogen (secondary N) is 1. The average Bonchev–Trinajstić information content (AvgIpc) is 3.42. The van der Waals surface area contributed by atoms with E-state index in [4.69, 9.17) is 0 Å². The molecule has 1 spiro atoms. The number of nitrogens with zero attached hydrogens (tertiary/aromatic N) is 2. The third kappa shape index (κ3) is 3.34. The Kier molecular flexibility index (Phi) is 4.25. The number of hydrogen-bond acceptors (Lipinski definition) is 4. The number of H-pyrrole nitrogens is 1. The third-order valence-electron chi connectivity index (χ3n) is 6.01. The molecule has 1 aromatic rings. The SMILES string of the molecule is O=C1CC[C@@]2(CCCN(C(=O)c3c[nH]c(=O)cc3O)C2)CN1CC1CC1. The molecule has 0 aromatic carbocycles. The van der Waals surface area contributed by atoms with Crippen molar-refractivity contribution in [2.45, 2.75) is 38.5 Å². The standard InChI is InChI=1S/C19H25N3O4/c23-15-8-16(24)20-9-14(15)18(26)21-7-1-5-19(11-21)6-4-17(25)22(12-19)10-13-2-3-13/h8-9,13H,1-7,10-12H2,(H2,20,23,24)/t19-/m1/s1. The minimum absolute atomic E-state index is 0.0471. The molecule has 0 unspecified atom stereocenters. The van der Waals surface area contributed by atoms with Crippen LogP contribution < -0.4 is 5.56 Å². The number of aromatic hydroxyl groups is 1. The summed E-state index contributed by atoms with van der Waals surface area (Å²) in [6.45, 7) is 2.81. The van der Waals surface area contributed by atoms with Crippen molar-refractivity contribution in [3.63, 3.8) is 0 Å². The number of rotatable bonds is 3. The van der Waals surface area contributed by atoms with Crippen LogP contribution in [-0.2, 0) is 4.79 Å². The van der Waals surface area contributed by atoms with E-state index in [1.54, 1.807) is 4.90 Å². The predicted molar refractivity (Wildman–Crippen MR) is 94.8 cm³/mol. The molecule has 26 heavy (non-hydrogen) atoms. The summed E-state index contributed by atoms with van der Waals surface area (Å²) in [4.78, 5) is 42.6. The van der Waals surface area contributed by atoms with Gasteiger partial charge in [0.25, 0.3) is 11.5 Å². The molecule has 0 bridgehead atoms. The second kappa shape index (κ2) is 6.45. The fourth-order valence-corrected chi connectivity index (χ4v) is 4.40. The molecule has 2 amide bonds. The number of aromatic nitrogens is 1. The van der Waals surface area contributed by atoms with Gasteiger partial charge in [0.05, 0.1) is 5.56 Å². The second-order valence-corrected chi connectivity index (χ2v) is 8.14. The van der Waals surface area contributed by atoms with Crippen LogP contribution >= 0.6 is 0 Å². The summed E-state index contributed by atoms with van der Waals surface area (Å²) in [7, 11) is 0. The van der Waals surface area contributed by atoms with Gasteiger partial charge in [0.15, 0.2) is 0 Å². The number of pyridine rings is 1. The van der Waals surface area contributed by atoms with Crippen LogP contribution in [0.3, 0.4) is 0 Å². The molecule has 1 saturated carbocycles. The molecule has 7 nitrogen and oxygen atoms in total. The maximum Gasteiger partial charge on any atom is 0.259 e. The van der Waals surface area contributed by atoms with Crippen molar-refractivity contribution < 1.29 is 14.7 Å². The van der Waals surface area contributed by atoms with Crippen LogP contribution in [0.25, 0.3) is 0 Å². The van der Waals surface area contributed by atoms with Gasteiger partial charge in [0.1, 0.15) is 5.75 Å². The molecule has 1 aromatic heterocycles. The van der Waals surface area contributed by atoms with Gasteiger partial charge in [-0.3, -0.25) is 14.4 Å². The first-order chi connectivity index (χ1) is 12.5. The Morgan fingerprint density at radius 2 is 2.08 bits per heavy atom. The Labute approximate surface area is 152 Å². The van der Waals surface area contributed by atoms with Crippen LogP contribution in [0.5, 0.6) is 5.75 Å². The highest BCUT2D eigenvalue weighted by molar-refractivity contribution is 5.96. The Balaban J connectivity index is 1.50. The summed E-state index contributed by atoms with van der Waals surface area (Å²) in [5, 5.41) is 9.96. The van der Waals surface area contributed by atoms with Crippen molar-refractivity contribution in [1.29, 1.82) is 0 Å². The molecule has 3 heterocycles. The van der Waals surface area contributed by atoms with E-state index in [0.717, 1.165) is 38.4 Å². The first-order valence-electron chi connectivity index (χ1n) is 9.45. The molecule has 1 aliphatic carbocycles. The van der Waals surface area contributed by atoms with E-state index in [1.807, 2.05) is 4.90 Å².